The number of anilines is 2. The number of nitrogens with one attached hydrogen (secondary N) is 1. The zero-order valence-corrected chi connectivity index (χ0v) is 18.2. The molecule has 2 aromatic carbocycles. The molecule has 1 N–H and O–H groups in total. The Balaban J connectivity index is 1.82. The van der Waals surface area contributed by atoms with Crippen molar-refractivity contribution in [3.8, 4) is 5.75 Å². The van der Waals surface area contributed by atoms with Crippen molar-refractivity contribution in [3.63, 3.8) is 0 Å². The monoisotopic (exact) mass is 452 g/mol. The third kappa shape index (κ3) is 4.68. The number of rotatable bonds is 5. The lowest BCUT2D eigenvalue weighted by atomic mass is 10.1. The van der Waals surface area contributed by atoms with E-state index in [-0.39, 0.29) is 24.6 Å². The first-order valence-corrected chi connectivity index (χ1v) is 11.4. The summed E-state index contributed by atoms with van der Waals surface area (Å²) in [6.45, 7) is 3.52. The van der Waals surface area contributed by atoms with Crippen LogP contribution in [0.15, 0.2) is 36.4 Å². The van der Waals surface area contributed by atoms with E-state index in [4.69, 9.17) is 21.1 Å². The number of carbonyl (C=O) groups excluding carboxylic acids is 2. The van der Waals surface area contributed by atoms with Gasteiger partial charge in [0.15, 0.2) is 6.10 Å². The highest BCUT2D eigenvalue weighted by atomic mass is 35.5. The summed E-state index contributed by atoms with van der Waals surface area (Å²) in [6, 6.07) is 9.29. The molecule has 0 bridgehead atoms. The largest absolute Gasteiger partial charge is 0.476 e. The summed E-state index contributed by atoms with van der Waals surface area (Å²) in [4.78, 5) is 24.7. The highest BCUT2D eigenvalue weighted by Gasteiger charge is 2.35. The molecule has 2 aromatic rings. The highest BCUT2D eigenvalue weighted by Crippen LogP contribution is 2.37. The lowest BCUT2D eigenvalue weighted by Crippen LogP contribution is -2.48. The Labute approximate surface area is 179 Å². The number of carbonyl (C=O) groups is 2. The van der Waals surface area contributed by atoms with E-state index in [1.165, 1.54) is 12.1 Å². The minimum atomic E-state index is -3.66. The molecule has 0 aliphatic carbocycles. The summed E-state index contributed by atoms with van der Waals surface area (Å²) in [5, 5.41) is 3.08. The second kappa shape index (κ2) is 8.53. The van der Waals surface area contributed by atoms with Crippen LogP contribution in [-0.2, 0) is 19.6 Å². The van der Waals surface area contributed by atoms with Gasteiger partial charge in [-0.25, -0.2) is 13.2 Å². The summed E-state index contributed by atoms with van der Waals surface area (Å²) >= 11 is 5.98. The molecule has 1 unspecified atom stereocenters. The van der Waals surface area contributed by atoms with Crippen LogP contribution in [0.4, 0.5) is 11.4 Å². The van der Waals surface area contributed by atoms with Crippen LogP contribution in [0, 0.1) is 6.92 Å². The van der Waals surface area contributed by atoms with Crippen LogP contribution in [0.2, 0.25) is 5.02 Å². The minimum absolute atomic E-state index is 0.196. The molecule has 0 saturated heterocycles. The molecule has 0 aromatic heterocycles. The molecule has 0 spiro atoms. The Hall–Kier alpha value is -2.78. The molecule has 10 heteroatoms. The minimum Gasteiger partial charge on any atom is -0.476 e. The molecule has 30 heavy (non-hydrogen) atoms. The maximum Gasteiger partial charge on any atom is 0.338 e. The number of benzene rings is 2. The van der Waals surface area contributed by atoms with Crippen molar-refractivity contribution in [3.05, 3.63) is 52.5 Å². The van der Waals surface area contributed by atoms with E-state index in [0.29, 0.717) is 21.8 Å². The summed E-state index contributed by atoms with van der Waals surface area (Å²) in [5.41, 5.74) is 1.78. The van der Waals surface area contributed by atoms with Crippen LogP contribution in [0.25, 0.3) is 0 Å². The van der Waals surface area contributed by atoms with E-state index in [9.17, 15) is 18.0 Å². The van der Waals surface area contributed by atoms with Crippen molar-refractivity contribution in [2.24, 2.45) is 0 Å². The second-order valence-electron chi connectivity index (χ2n) is 6.75. The number of halogens is 1. The Bertz CT molecular complexity index is 1100. The van der Waals surface area contributed by atoms with Gasteiger partial charge in [-0.05, 0) is 55.8 Å². The summed E-state index contributed by atoms with van der Waals surface area (Å²) in [7, 11) is -3.66. The topological polar surface area (TPSA) is 102 Å². The van der Waals surface area contributed by atoms with Gasteiger partial charge in [-0.15, -0.1) is 0 Å². The Morgan fingerprint density at radius 3 is 2.63 bits per heavy atom. The van der Waals surface area contributed by atoms with Crippen LogP contribution in [-0.4, -0.2) is 45.8 Å². The lowest BCUT2D eigenvalue weighted by molar-refractivity contribution is -0.122. The molecule has 1 aliphatic heterocycles. The van der Waals surface area contributed by atoms with Gasteiger partial charge in [0.2, 0.25) is 10.0 Å². The fourth-order valence-corrected chi connectivity index (χ4v) is 4.11. The lowest BCUT2D eigenvalue weighted by Gasteiger charge is -2.34. The van der Waals surface area contributed by atoms with Crippen LogP contribution in [0.1, 0.15) is 22.8 Å². The first-order chi connectivity index (χ1) is 14.1. The van der Waals surface area contributed by atoms with E-state index in [1.54, 1.807) is 38.1 Å². The molecule has 1 amide bonds. The Morgan fingerprint density at radius 2 is 2.00 bits per heavy atom. The molecule has 0 fully saturated rings. The van der Waals surface area contributed by atoms with E-state index < -0.39 is 28.0 Å². The molecule has 160 valence electrons. The van der Waals surface area contributed by atoms with Gasteiger partial charge in [0.1, 0.15) is 5.75 Å². The number of hydrogen-bond acceptors (Lipinski definition) is 6. The molecule has 0 radical (unpaired) electrons. The SMILES string of the molecule is CCOC(=O)c1ccc(NC(=O)C2CN(S(C)(=O)=O)c3cc(Cl)ccc3O2)c(C)c1. The smallest absolute Gasteiger partial charge is 0.338 e. The number of ether oxygens (including phenoxy) is 2. The van der Waals surface area contributed by atoms with Crippen molar-refractivity contribution >= 4 is 44.9 Å². The first kappa shape index (κ1) is 21.9. The zero-order chi connectivity index (χ0) is 22.1. The number of esters is 1. The van der Waals surface area contributed by atoms with Crippen molar-refractivity contribution in [2.75, 3.05) is 29.0 Å². The molecule has 3 rings (SSSR count). The Morgan fingerprint density at radius 1 is 1.27 bits per heavy atom. The van der Waals surface area contributed by atoms with Crippen LogP contribution >= 0.6 is 11.6 Å². The van der Waals surface area contributed by atoms with Gasteiger partial charge in [0, 0.05) is 10.7 Å². The number of hydrogen-bond donors (Lipinski definition) is 1. The van der Waals surface area contributed by atoms with Gasteiger partial charge < -0.3 is 14.8 Å². The van der Waals surface area contributed by atoms with Crippen LogP contribution in [0.5, 0.6) is 5.75 Å². The average Bonchev–Trinajstić information content (AvgIpc) is 2.68. The first-order valence-electron chi connectivity index (χ1n) is 9.12. The summed E-state index contributed by atoms with van der Waals surface area (Å²) < 4.78 is 36.3. The maximum atomic E-state index is 12.8. The van der Waals surface area contributed by atoms with Crippen molar-refractivity contribution in [1.29, 1.82) is 0 Å². The average molecular weight is 453 g/mol. The number of amides is 1. The van der Waals surface area contributed by atoms with E-state index in [1.807, 2.05) is 0 Å². The summed E-state index contributed by atoms with van der Waals surface area (Å²) in [6.07, 6.45) is -0.0199. The fourth-order valence-electron chi connectivity index (χ4n) is 3.03. The molecule has 1 atom stereocenters. The maximum absolute atomic E-state index is 12.8. The summed E-state index contributed by atoms with van der Waals surface area (Å²) in [5.74, 6) is -0.727. The number of sulfonamides is 1. The molecular formula is C20H21ClN2O6S. The van der Waals surface area contributed by atoms with Gasteiger partial charge in [-0.2, -0.15) is 0 Å². The third-order valence-corrected chi connectivity index (χ3v) is 5.86. The molecule has 1 heterocycles. The highest BCUT2D eigenvalue weighted by molar-refractivity contribution is 7.92. The predicted molar refractivity (Wildman–Crippen MR) is 114 cm³/mol. The van der Waals surface area contributed by atoms with Crippen LogP contribution < -0.4 is 14.4 Å². The fraction of sp³-hybridized carbons (Fsp3) is 0.300. The van der Waals surface area contributed by atoms with Crippen molar-refractivity contribution in [2.45, 2.75) is 20.0 Å². The van der Waals surface area contributed by atoms with Crippen molar-refractivity contribution < 1.29 is 27.5 Å². The molecule has 8 nitrogen and oxygen atoms in total. The number of nitrogens with zero attached hydrogens (tertiary/aromatic N) is 1. The van der Waals surface area contributed by atoms with Crippen molar-refractivity contribution in [1.82, 2.24) is 0 Å². The molecule has 1 aliphatic rings. The van der Waals surface area contributed by atoms with Gasteiger partial charge in [0.25, 0.3) is 5.91 Å². The number of fused-ring (bicyclic) bond motifs is 1. The van der Waals surface area contributed by atoms with Gasteiger partial charge in [-0.3, -0.25) is 9.10 Å². The number of aryl methyl sites for hydroxylation is 1. The third-order valence-electron chi connectivity index (χ3n) is 4.48. The van der Waals surface area contributed by atoms with Gasteiger partial charge in [0.05, 0.1) is 30.7 Å². The predicted octanol–water partition coefficient (Wildman–Crippen LogP) is 2.99. The van der Waals surface area contributed by atoms with Crippen LogP contribution in [0.3, 0.4) is 0 Å². The van der Waals surface area contributed by atoms with E-state index in [0.717, 1.165) is 10.6 Å². The quantitative estimate of drug-likeness (QED) is 0.700. The normalized spacial score (nSPS) is 15.7. The van der Waals surface area contributed by atoms with Gasteiger partial charge >= 0.3 is 5.97 Å². The standard InChI is InChI=1S/C20H21ClN2O6S/c1-4-28-20(25)13-5-7-15(12(2)9-13)22-19(24)18-11-23(30(3,26)27)16-10-14(21)6-8-17(16)29-18/h5-10,18H,4,11H2,1-3H3,(H,22,24). The van der Waals surface area contributed by atoms with Gasteiger partial charge in [-0.1, -0.05) is 11.6 Å². The zero-order valence-electron chi connectivity index (χ0n) is 16.6. The molecular weight excluding hydrogens is 432 g/mol. The van der Waals surface area contributed by atoms with E-state index in [2.05, 4.69) is 5.32 Å². The Kier molecular flexibility index (Phi) is 6.23. The van der Waals surface area contributed by atoms with E-state index >= 15 is 0 Å². The second-order valence-corrected chi connectivity index (χ2v) is 9.10. The molecule has 0 saturated carbocycles.